The maximum absolute atomic E-state index is 13.5. The van der Waals surface area contributed by atoms with Crippen LogP contribution >= 0.6 is 11.3 Å². The fourth-order valence-corrected chi connectivity index (χ4v) is 6.37. The molecule has 1 fully saturated rings. The van der Waals surface area contributed by atoms with Gasteiger partial charge in [-0.15, -0.1) is 17.8 Å². The Labute approximate surface area is 226 Å². The molecule has 0 radical (unpaired) electrons. The molecule has 7 heteroatoms. The van der Waals surface area contributed by atoms with E-state index in [1.165, 1.54) is 22.6 Å². The molecule has 38 heavy (non-hydrogen) atoms. The molecule has 0 N–H and O–H groups in total. The molecule has 192 valence electrons. The number of amides is 1. The molecule has 3 heterocycles. The van der Waals surface area contributed by atoms with Crippen molar-refractivity contribution in [1.82, 2.24) is 19.7 Å². The summed E-state index contributed by atoms with van der Waals surface area (Å²) in [5.41, 5.74) is 4.54. The monoisotopic (exact) mass is 524 g/mol. The minimum Gasteiger partial charge on any atom is -0.338 e. The molecule has 0 bridgehead atoms. The molecule has 1 aliphatic heterocycles. The molecular weight excluding hydrogens is 495 g/mol. The molecule has 2 aromatic carbocycles. The van der Waals surface area contributed by atoms with Crippen LogP contribution in [-0.4, -0.2) is 38.7 Å². The van der Waals surface area contributed by atoms with Crippen molar-refractivity contribution in [2.45, 2.75) is 39.0 Å². The minimum absolute atomic E-state index is 0.0249. The topological polar surface area (TPSA) is 51.0 Å². The van der Waals surface area contributed by atoms with Crippen molar-refractivity contribution >= 4 is 28.1 Å². The fraction of sp³-hybridized carbons (Fsp3) is 0.258. The van der Waals surface area contributed by atoms with E-state index in [-0.39, 0.29) is 17.1 Å². The van der Waals surface area contributed by atoms with Gasteiger partial charge in [0.05, 0.1) is 22.4 Å². The standard InChI is InChI=1S/C31H29FN4OS/c1-5-6-7-8-21(2)30(37)35-14-13-31(20-35,17-27-19-33-23(4)38-27)28-16-24-18-34-36(29(24)15-22(28)3)26-11-9-25(32)10-12-26/h1,6-12,15-16,18-19H,13-14,17,20H2,2-4H3/b7-6-,21-8+. The summed E-state index contributed by atoms with van der Waals surface area (Å²) in [5, 5.41) is 6.65. The van der Waals surface area contributed by atoms with Crippen LogP contribution in [0.1, 0.15) is 34.4 Å². The molecule has 5 nitrogen and oxygen atoms in total. The number of hydrogen-bond donors (Lipinski definition) is 0. The van der Waals surface area contributed by atoms with Crippen molar-refractivity contribution in [1.29, 1.82) is 0 Å². The van der Waals surface area contributed by atoms with Crippen LogP contribution in [0.25, 0.3) is 16.6 Å². The van der Waals surface area contributed by atoms with Gasteiger partial charge in [0.1, 0.15) is 5.82 Å². The van der Waals surface area contributed by atoms with E-state index in [0.717, 1.165) is 40.0 Å². The van der Waals surface area contributed by atoms with Crippen LogP contribution < -0.4 is 0 Å². The highest BCUT2D eigenvalue weighted by atomic mass is 32.1. The van der Waals surface area contributed by atoms with E-state index in [1.807, 2.05) is 35.8 Å². The van der Waals surface area contributed by atoms with Gasteiger partial charge in [0.15, 0.2) is 0 Å². The molecule has 0 aliphatic carbocycles. The summed E-state index contributed by atoms with van der Waals surface area (Å²) in [5.74, 6) is 2.20. The zero-order valence-corrected chi connectivity index (χ0v) is 22.6. The number of rotatable bonds is 6. The molecular formula is C31H29FN4OS. The number of halogens is 1. The normalized spacial score (nSPS) is 18.0. The van der Waals surface area contributed by atoms with Gasteiger partial charge in [-0.25, -0.2) is 14.1 Å². The molecule has 0 spiro atoms. The van der Waals surface area contributed by atoms with Crippen LogP contribution in [0.2, 0.25) is 0 Å². The second-order valence-electron chi connectivity index (χ2n) is 9.91. The Balaban J connectivity index is 1.54. The van der Waals surface area contributed by atoms with E-state index in [2.05, 4.69) is 35.1 Å². The van der Waals surface area contributed by atoms with E-state index in [4.69, 9.17) is 6.42 Å². The number of carbonyl (C=O) groups is 1. The average molecular weight is 525 g/mol. The lowest BCUT2D eigenvalue weighted by Crippen LogP contribution is -2.36. The van der Waals surface area contributed by atoms with Crippen molar-refractivity contribution in [3.05, 3.63) is 99.4 Å². The SMILES string of the molecule is C#C/C=C\C=C(/C)C(=O)N1CCC(Cc2cnc(C)s2)(c2cc3cnn(-c4ccc(F)cc4)c3cc2C)C1. The summed E-state index contributed by atoms with van der Waals surface area (Å²) in [6.45, 7) is 7.26. The smallest absolute Gasteiger partial charge is 0.249 e. The first-order chi connectivity index (χ1) is 18.3. The zero-order chi connectivity index (χ0) is 26.9. The van der Waals surface area contributed by atoms with Gasteiger partial charge in [0, 0.05) is 40.5 Å². The van der Waals surface area contributed by atoms with Gasteiger partial charge >= 0.3 is 0 Å². The summed E-state index contributed by atoms with van der Waals surface area (Å²) in [6.07, 6.45) is 15.9. The maximum Gasteiger partial charge on any atom is 0.249 e. The number of terminal acetylenes is 1. The first-order valence-electron chi connectivity index (χ1n) is 12.5. The number of likely N-dealkylation sites (tertiary alicyclic amines) is 1. The molecule has 1 amide bonds. The van der Waals surface area contributed by atoms with Gasteiger partial charge in [-0.2, -0.15) is 5.10 Å². The Hall–Kier alpha value is -4.02. The predicted molar refractivity (Wildman–Crippen MR) is 151 cm³/mol. The second-order valence-corrected chi connectivity index (χ2v) is 11.2. The summed E-state index contributed by atoms with van der Waals surface area (Å²) in [6, 6.07) is 10.7. The minimum atomic E-state index is -0.276. The van der Waals surface area contributed by atoms with E-state index >= 15 is 0 Å². The Kier molecular flexibility index (Phi) is 7.00. The fourth-order valence-electron chi connectivity index (χ4n) is 5.43. The number of benzene rings is 2. The number of thiazole rings is 1. The third kappa shape index (κ3) is 4.92. The summed E-state index contributed by atoms with van der Waals surface area (Å²) in [7, 11) is 0. The van der Waals surface area contributed by atoms with Crippen LogP contribution in [0.4, 0.5) is 4.39 Å². The van der Waals surface area contributed by atoms with E-state index < -0.39 is 0 Å². The highest BCUT2D eigenvalue weighted by Gasteiger charge is 2.43. The van der Waals surface area contributed by atoms with Gasteiger partial charge in [0.2, 0.25) is 5.91 Å². The van der Waals surface area contributed by atoms with Gasteiger partial charge in [-0.1, -0.05) is 18.1 Å². The number of fused-ring (bicyclic) bond motifs is 1. The molecule has 2 aromatic heterocycles. The third-order valence-corrected chi connectivity index (χ3v) is 8.17. The van der Waals surface area contributed by atoms with Crippen molar-refractivity contribution in [3.8, 4) is 18.0 Å². The van der Waals surface area contributed by atoms with E-state index in [0.29, 0.717) is 18.7 Å². The lowest BCUT2D eigenvalue weighted by Gasteiger charge is -2.31. The molecule has 1 atom stereocenters. The van der Waals surface area contributed by atoms with Gasteiger partial charge < -0.3 is 4.90 Å². The number of aryl methyl sites for hydroxylation is 2. The first kappa shape index (κ1) is 25.6. The Bertz CT molecular complexity index is 1610. The van der Waals surface area contributed by atoms with E-state index in [1.54, 1.807) is 41.7 Å². The number of aromatic nitrogens is 3. The molecule has 1 aliphatic rings. The summed E-state index contributed by atoms with van der Waals surface area (Å²) >= 11 is 1.71. The maximum atomic E-state index is 13.5. The number of allylic oxidation sites excluding steroid dienone is 3. The number of carbonyl (C=O) groups excluding carboxylic acids is 1. The van der Waals surface area contributed by atoms with Crippen LogP contribution in [0, 0.1) is 32.0 Å². The van der Waals surface area contributed by atoms with Gasteiger partial charge in [-0.05, 0) is 87.2 Å². The summed E-state index contributed by atoms with van der Waals surface area (Å²) in [4.78, 5) is 21.0. The molecule has 5 rings (SSSR count). The molecule has 0 saturated carbocycles. The van der Waals surface area contributed by atoms with Crippen molar-refractivity contribution in [2.75, 3.05) is 13.1 Å². The lowest BCUT2D eigenvalue weighted by atomic mass is 9.74. The average Bonchev–Trinajstić information content (AvgIpc) is 3.63. The third-order valence-electron chi connectivity index (χ3n) is 7.26. The molecule has 4 aromatic rings. The molecule has 1 unspecified atom stereocenters. The number of nitrogens with zero attached hydrogens (tertiary/aromatic N) is 4. The first-order valence-corrected chi connectivity index (χ1v) is 13.4. The zero-order valence-electron chi connectivity index (χ0n) is 21.7. The van der Waals surface area contributed by atoms with Crippen molar-refractivity contribution in [2.24, 2.45) is 0 Å². The highest BCUT2D eigenvalue weighted by Crippen LogP contribution is 2.42. The van der Waals surface area contributed by atoms with E-state index in [9.17, 15) is 9.18 Å². The van der Waals surface area contributed by atoms with Crippen molar-refractivity contribution < 1.29 is 9.18 Å². The quantitative estimate of drug-likeness (QED) is 0.174. The Morgan fingerprint density at radius 1 is 1.24 bits per heavy atom. The van der Waals surface area contributed by atoms with Crippen LogP contribution in [0.3, 0.4) is 0 Å². The van der Waals surface area contributed by atoms with Crippen LogP contribution in [-0.2, 0) is 16.6 Å². The second kappa shape index (κ2) is 10.4. The Morgan fingerprint density at radius 2 is 2.03 bits per heavy atom. The van der Waals surface area contributed by atoms with Crippen LogP contribution in [0.5, 0.6) is 0 Å². The highest BCUT2D eigenvalue weighted by molar-refractivity contribution is 7.11. The van der Waals surface area contributed by atoms with Gasteiger partial charge in [-0.3, -0.25) is 4.79 Å². The lowest BCUT2D eigenvalue weighted by molar-refractivity contribution is -0.126. The molecule has 1 saturated heterocycles. The predicted octanol–water partition coefficient (Wildman–Crippen LogP) is 6.09. The number of hydrogen-bond acceptors (Lipinski definition) is 4. The largest absolute Gasteiger partial charge is 0.338 e. The Morgan fingerprint density at radius 3 is 2.74 bits per heavy atom. The van der Waals surface area contributed by atoms with Crippen molar-refractivity contribution in [3.63, 3.8) is 0 Å². The van der Waals surface area contributed by atoms with Gasteiger partial charge in [0.25, 0.3) is 0 Å². The summed E-state index contributed by atoms with van der Waals surface area (Å²) < 4.78 is 15.3. The van der Waals surface area contributed by atoms with Crippen LogP contribution in [0.15, 0.2) is 72.6 Å².